The fourth-order valence-electron chi connectivity index (χ4n) is 4.90. The molecule has 3 atom stereocenters. The molecule has 52 heavy (non-hydrogen) atoms. The second-order valence-electron chi connectivity index (χ2n) is 11.8. The zero-order valence-electron chi connectivity index (χ0n) is 27.4. The Hall–Kier alpha value is -4.51. The molecule has 8 N–H and O–H groups in total. The van der Waals surface area contributed by atoms with E-state index in [1.807, 2.05) is 0 Å². The van der Waals surface area contributed by atoms with E-state index in [0.29, 0.717) is 26.3 Å². The highest BCUT2D eigenvalue weighted by Gasteiger charge is 2.62. The number of carbonyl (C=O) groups is 5. The monoisotopic (exact) mass is 800 g/mol. The molecule has 0 unspecified atom stereocenters. The maximum Gasteiger partial charge on any atom is 0.350 e. The number of thioether (sulfide) groups is 2. The normalized spacial score (nSPS) is 22.0. The van der Waals surface area contributed by atoms with Crippen LogP contribution in [0.15, 0.2) is 27.8 Å². The lowest BCUT2D eigenvalue weighted by Gasteiger charge is -2.41. The summed E-state index contributed by atoms with van der Waals surface area (Å²) in [6.07, 6.45) is 0. The first-order chi connectivity index (χ1) is 24.5. The Morgan fingerprint density at radius 2 is 1.90 bits per heavy atom. The molecule has 19 nitrogen and oxygen atoms in total. The van der Waals surface area contributed by atoms with Crippen molar-refractivity contribution in [1.29, 1.82) is 0 Å². The number of carboxylic acid groups (broad SMARTS) is 2. The predicted octanol–water partition coefficient (Wildman–Crippen LogP) is 0.141. The van der Waals surface area contributed by atoms with Crippen LogP contribution in [0.2, 0.25) is 5.02 Å². The van der Waals surface area contributed by atoms with E-state index in [1.165, 1.54) is 36.3 Å². The molecule has 3 amide bonds. The van der Waals surface area contributed by atoms with Crippen LogP contribution >= 0.6 is 46.5 Å². The largest absolute Gasteiger partial charge is 0.504 e. The third-order valence-electron chi connectivity index (χ3n) is 7.82. The highest BCUT2D eigenvalue weighted by atomic mass is 35.5. The minimum atomic E-state index is -1.81. The Morgan fingerprint density at radius 3 is 2.54 bits per heavy atom. The number of rotatable bonds is 14. The van der Waals surface area contributed by atoms with Crippen LogP contribution < -0.4 is 16.4 Å². The number of phenols is 2. The summed E-state index contributed by atoms with van der Waals surface area (Å²) in [5, 5.41) is 55.0. The third kappa shape index (κ3) is 8.09. The van der Waals surface area contributed by atoms with Gasteiger partial charge in [-0.05, 0) is 26.0 Å². The first-order valence-corrected chi connectivity index (χ1v) is 18.4. The number of amides is 3. The fourth-order valence-corrected chi connectivity index (χ4v) is 8.73. The van der Waals surface area contributed by atoms with E-state index in [1.54, 1.807) is 5.01 Å². The number of nitrogens with two attached hydrogens (primary N) is 1. The van der Waals surface area contributed by atoms with Crippen molar-refractivity contribution in [2.24, 2.45) is 10.3 Å². The molecular formula is C29H33ClN8O11S3. The summed E-state index contributed by atoms with van der Waals surface area (Å²) in [6.45, 7) is 3.71. The Bertz CT molecular complexity index is 1840. The van der Waals surface area contributed by atoms with Gasteiger partial charge in [-0.15, -0.1) is 34.9 Å². The summed E-state index contributed by atoms with van der Waals surface area (Å²) in [5.41, 5.74) is 3.34. The number of hydrogen-bond donors (Lipinski definition) is 7. The number of morpholine rings is 1. The lowest BCUT2D eigenvalue weighted by atomic mass is 10.1. The van der Waals surface area contributed by atoms with Crippen molar-refractivity contribution in [2.45, 2.75) is 34.9 Å². The number of nitrogens with zero attached hydrogens (tertiary/aromatic N) is 5. The molecule has 5 rings (SSSR count). The number of thiazole rings is 1. The number of carbonyl (C=O) groups excluding carboxylic acids is 3. The summed E-state index contributed by atoms with van der Waals surface area (Å²) >= 11 is 9.16. The van der Waals surface area contributed by atoms with Gasteiger partial charge in [-0.2, -0.15) is 5.10 Å². The van der Waals surface area contributed by atoms with Crippen LogP contribution in [0.3, 0.4) is 0 Å². The number of anilines is 1. The second kappa shape index (κ2) is 15.6. The third-order valence-corrected chi connectivity index (χ3v) is 12.1. The lowest BCUT2D eigenvalue weighted by Crippen LogP contribution is -2.68. The molecule has 4 heterocycles. The molecule has 0 radical (unpaired) electrons. The van der Waals surface area contributed by atoms with Crippen LogP contribution in [-0.4, -0.2) is 143 Å². The van der Waals surface area contributed by atoms with Gasteiger partial charge in [-0.25, -0.2) is 14.6 Å². The number of β-lactam (4-membered cyclic amide) rings is 1. The molecule has 0 spiro atoms. The summed E-state index contributed by atoms with van der Waals surface area (Å²) < 4.78 is 3.77. The van der Waals surface area contributed by atoms with E-state index in [2.05, 4.69) is 25.9 Å². The van der Waals surface area contributed by atoms with E-state index < -0.39 is 68.0 Å². The number of aromatic nitrogens is 1. The van der Waals surface area contributed by atoms with Crippen molar-refractivity contribution in [1.82, 2.24) is 25.5 Å². The number of hydrogen-bond acceptors (Lipinski definition) is 17. The topological polar surface area (TPSA) is 279 Å². The van der Waals surface area contributed by atoms with Crippen LogP contribution in [0.25, 0.3) is 0 Å². The van der Waals surface area contributed by atoms with Gasteiger partial charge >= 0.3 is 11.9 Å². The van der Waals surface area contributed by atoms with E-state index in [9.17, 15) is 44.4 Å². The number of fused-ring (bicyclic) bond motifs is 1. The van der Waals surface area contributed by atoms with Gasteiger partial charge in [0.05, 0.1) is 37.9 Å². The molecule has 0 saturated carbocycles. The minimum absolute atomic E-state index is 0.0241. The number of nitrogens with one attached hydrogen (secondary N) is 2. The number of nitrogen functional groups attached to an aromatic ring is 1. The summed E-state index contributed by atoms with van der Waals surface area (Å²) in [6, 6.07) is 1.35. The van der Waals surface area contributed by atoms with E-state index in [0.717, 1.165) is 34.9 Å². The summed E-state index contributed by atoms with van der Waals surface area (Å²) in [5.74, 6) is -5.78. The molecular weight excluding hydrogens is 768 g/mol. The van der Waals surface area contributed by atoms with Crippen LogP contribution in [-0.2, 0) is 33.5 Å². The quantitative estimate of drug-likeness (QED) is 0.0440. The van der Waals surface area contributed by atoms with Gasteiger partial charge in [0.25, 0.3) is 11.8 Å². The standard InChI is InChI=1S/C29H33ClN8O11S3/c1-28(2,25(44)45)49-36-18(14-11-50-27(31)33-14)22(42)34-19-23(43)38-12-29(26(46)47,52-24(19)38)51-10-5-32-21(41)17(35-37-6-8-48-9-7-37)13-3-4-15(39)20(40)16(13)30/h3-4,11,19,24,39-40H,5-10,12H2,1-2H3,(H2,31,33)(H,32,41)(H,34,42)(H,44,45)(H,46,47)/b35-17+,36-18-/t19-,24-,29-/m1/s1. The highest BCUT2D eigenvalue weighted by molar-refractivity contribution is 8.20. The molecule has 0 aliphatic carbocycles. The van der Waals surface area contributed by atoms with Crippen molar-refractivity contribution in [2.75, 3.05) is 50.9 Å². The predicted molar refractivity (Wildman–Crippen MR) is 190 cm³/mol. The number of hydrazone groups is 1. The SMILES string of the molecule is CC(C)(O/N=C(\C(=O)N[C@@H]1C(=O)N2C[C@](SCCNC(=O)/C(=N/N3CCOCC3)c3ccc(O)c(O)c3Cl)(C(=O)O)S[C@H]12)c1csc(N)n1)C(=O)O. The first kappa shape index (κ1) is 38.7. The zero-order valence-corrected chi connectivity index (χ0v) is 30.6. The minimum Gasteiger partial charge on any atom is -0.504 e. The average molecular weight is 801 g/mol. The molecule has 2 aromatic rings. The number of halogens is 1. The van der Waals surface area contributed by atoms with Gasteiger partial charge in [0.1, 0.15) is 17.1 Å². The van der Waals surface area contributed by atoms with Crippen LogP contribution in [0.4, 0.5) is 5.13 Å². The van der Waals surface area contributed by atoms with Gasteiger partial charge in [0.15, 0.2) is 32.1 Å². The van der Waals surface area contributed by atoms with Crippen LogP contribution in [0.1, 0.15) is 25.1 Å². The number of aliphatic carboxylic acids is 2. The van der Waals surface area contributed by atoms with Crippen molar-refractivity contribution in [3.8, 4) is 11.5 Å². The number of aromatic hydroxyl groups is 2. The molecule has 0 bridgehead atoms. The Morgan fingerprint density at radius 1 is 1.19 bits per heavy atom. The van der Waals surface area contributed by atoms with E-state index in [-0.39, 0.29) is 46.0 Å². The van der Waals surface area contributed by atoms with Crippen LogP contribution in [0.5, 0.6) is 11.5 Å². The van der Waals surface area contributed by atoms with Gasteiger partial charge in [0, 0.05) is 23.2 Å². The number of oxime groups is 1. The highest BCUT2D eigenvalue weighted by Crippen LogP contribution is 2.52. The van der Waals surface area contributed by atoms with Crippen LogP contribution in [0, 0.1) is 0 Å². The molecule has 280 valence electrons. The van der Waals surface area contributed by atoms with Gasteiger partial charge < -0.3 is 51.3 Å². The molecule has 1 aromatic heterocycles. The Labute approximate surface area is 312 Å². The number of benzene rings is 1. The smallest absolute Gasteiger partial charge is 0.350 e. The van der Waals surface area contributed by atoms with E-state index >= 15 is 0 Å². The molecule has 23 heteroatoms. The summed E-state index contributed by atoms with van der Waals surface area (Å²) in [7, 11) is 0. The number of ether oxygens (including phenoxy) is 1. The fraction of sp³-hybridized carbons (Fsp3) is 0.448. The molecule has 3 aliphatic heterocycles. The lowest BCUT2D eigenvalue weighted by molar-refractivity contribution is -0.161. The maximum absolute atomic E-state index is 13.4. The Balaban J connectivity index is 1.24. The molecule has 1 aromatic carbocycles. The van der Waals surface area contributed by atoms with Crippen molar-refractivity contribution < 1.29 is 54.0 Å². The molecule has 3 fully saturated rings. The maximum atomic E-state index is 13.4. The van der Waals surface area contributed by atoms with Gasteiger partial charge in [0.2, 0.25) is 11.5 Å². The van der Waals surface area contributed by atoms with Gasteiger partial charge in [-0.3, -0.25) is 19.4 Å². The number of phenolic OH excluding ortho intramolecular Hbond substituents is 2. The first-order valence-electron chi connectivity index (χ1n) is 15.3. The summed E-state index contributed by atoms with van der Waals surface area (Å²) in [4.78, 5) is 74.4. The Kier molecular flexibility index (Phi) is 11.6. The van der Waals surface area contributed by atoms with Gasteiger partial charge in [-0.1, -0.05) is 16.8 Å². The second-order valence-corrected chi connectivity index (χ2v) is 16.2. The van der Waals surface area contributed by atoms with E-state index in [4.69, 9.17) is 26.9 Å². The average Bonchev–Trinajstić information content (AvgIpc) is 3.70. The van der Waals surface area contributed by atoms with Crippen molar-refractivity contribution >= 4 is 92.7 Å². The molecule has 3 saturated heterocycles. The van der Waals surface area contributed by atoms with Crippen molar-refractivity contribution in [3.05, 3.63) is 33.8 Å². The molecule has 3 aliphatic rings. The zero-order chi connectivity index (χ0) is 38.0. The number of carboxylic acids is 2. The van der Waals surface area contributed by atoms with Crippen molar-refractivity contribution in [3.63, 3.8) is 0 Å².